The Kier molecular flexibility index (Phi) is 4.56. The first-order chi connectivity index (χ1) is 15.6. The third-order valence-electron chi connectivity index (χ3n) is 6.66. The summed E-state index contributed by atoms with van der Waals surface area (Å²) in [4.78, 5) is 28.6. The van der Waals surface area contributed by atoms with E-state index in [1.54, 1.807) is 12.3 Å². The number of aromatic nitrogens is 3. The second-order valence-corrected chi connectivity index (χ2v) is 9.10. The Morgan fingerprint density at radius 2 is 2.06 bits per heavy atom. The number of rotatable bonds is 5. The normalized spacial score (nSPS) is 21.8. The summed E-state index contributed by atoms with van der Waals surface area (Å²) in [5, 5.41) is 10.5. The van der Waals surface area contributed by atoms with Gasteiger partial charge in [-0.3, -0.25) is 14.9 Å². The lowest BCUT2D eigenvalue weighted by molar-refractivity contribution is -0.124. The Hall–Kier alpha value is -3.48. The summed E-state index contributed by atoms with van der Waals surface area (Å²) < 4.78 is 1.82. The first-order valence-corrected chi connectivity index (χ1v) is 11.4. The zero-order valence-electron chi connectivity index (χ0n) is 17.8. The van der Waals surface area contributed by atoms with Crippen molar-refractivity contribution in [3.8, 4) is 0 Å². The Labute approximate surface area is 185 Å². The number of hydrogen-bond donors (Lipinski definition) is 2. The monoisotopic (exact) mass is 427 g/mol. The zero-order valence-corrected chi connectivity index (χ0v) is 17.8. The van der Waals surface area contributed by atoms with Gasteiger partial charge < -0.3 is 5.32 Å². The predicted molar refractivity (Wildman–Crippen MR) is 121 cm³/mol. The maximum absolute atomic E-state index is 12.1. The summed E-state index contributed by atoms with van der Waals surface area (Å²) in [6.07, 6.45) is 10.3. The van der Waals surface area contributed by atoms with Crippen LogP contribution in [0.25, 0.3) is 11.7 Å². The van der Waals surface area contributed by atoms with Crippen molar-refractivity contribution in [2.24, 2.45) is 0 Å². The molecule has 3 aliphatic rings. The molecule has 2 N–H and O–H groups in total. The van der Waals surface area contributed by atoms with Crippen LogP contribution in [0.5, 0.6) is 0 Å². The van der Waals surface area contributed by atoms with Crippen LogP contribution in [0.2, 0.25) is 0 Å². The second-order valence-electron chi connectivity index (χ2n) is 9.10. The van der Waals surface area contributed by atoms with Crippen LogP contribution in [0.3, 0.4) is 0 Å². The van der Waals surface area contributed by atoms with E-state index in [1.165, 1.54) is 17.5 Å². The number of aryl methyl sites for hydroxylation is 1. The molecule has 3 heterocycles. The van der Waals surface area contributed by atoms with Gasteiger partial charge in [0.05, 0.1) is 12.6 Å². The molecule has 3 aromatic rings. The van der Waals surface area contributed by atoms with E-state index in [4.69, 9.17) is 4.98 Å². The molecule has 7 heteroatoms. The quantitative estimate of drug-likeness (QED) is 0.481. The molecule has 0 spiro atoms. The van der Waals surface area contributed by atoms with Gasteiger partial charge in [0.25, 0.3) is 5.91 Å². The van der Waals surface area contributed by atoms with Crippen molar-refractivity contribution in [2.45, 2.75) is 56.9 Å². The SMILES string of the molecule is O=C1C/C(=C\c2cnn3c(NC4CC4)cc(CC4CCCc5ccccc54)nc23)C(=O)N1. The summed E-state index contributed by atoms with van der Waals surface area (Å²) in [5.41, 5.74) is 5.84. The molecule has 2 fully saturated rings. The highest BCUT2D eigenvalue weighted by Gasteiger charge is 2.27. The number of imide groups is 1. The van der Waals surface area contributed by atoms with Crippen LogP contribution in [0.1, 0.15) is 60.4 Å². The van der Waals surface area contributed by atoms with E-state index in [2.05, 4.69) is 46.1 Å². The van der Waals surface area contributed by atoms with Crippen molar-refractivity contribution in [3.63, 3.8) is 0 Å². The standard InChI is InChI=1S/C25H25N5O2/c31-23-12-17(25(32)29-23)10-18-14-26-30-22(27-19-8-9-19)13-20(28-24(18)30)11-16-6-3-5-15-4-1-2-7-21(15)16/h1-2,4,7,10,13-14,16,19,27H,3,5-6,8-9,11-12H2,(H,29,31,32)/b17-10+. The minimum absolute atomic E-state index is 0.0991. The van der Waals surface area contributed by atoms with Gasteiger partial charge in [0, 0.05) is 28.9 Å². The lowest BCUT2D eigenvalue weighted by atomic mass is 9.80. The number of amides is 2. The highest BCUT2D eigenvalue weighted by Crippen LogP contribution is 2.35. The van der Waals surface area contributed by atoms with Crippen molar-refractivity contribution < 1.29 is 9.59 Å². The number of anilines is 1. The fraction of sp³-hybridized carbons (Fsp3) is 0.360. The van der Waals surface area contributed by atoms with Crippen molar-refractivity contribution >= 4 is 29.4 Å². The molecule has 1 aromatic carbocycles. The molecule has 0 bridgehead atoms. The summed E-state index contributed by atoms with van der Waals surface area (Å²) >= 11 is 0. The summed E-state index contributed by atoms with van der Waals surface area (Å²) in [6.45, 7) is 0. The molecule has 162 valence electrons. The van der Waals surface area contributed by atoms with Crippen LogP contribution in [0, 0.1) is 0 Å². The number of fused-ring (bicyclic) bond motifs is 2. The van der Waals surface area contributed by atoms with Crippen LogP contribution in [-0.2, 0) is 22.4 Å². The van der Waals surface area contributed by atoms with E-state index in [0.717, 1.165) is 54.8 Å². The van der Waals surface area contributed by atoms with E-state index in [1.807, 2.05) is 4.52 Å². The number of hydrogen-bond acceptors (Lipinski definition) is 5. The molecule has 7 nitrogen and oxygen atoms in total. The number of nitrogens with zero attached hydrogens (tertiary/aromatic N) is 3. The maximum atomic E-state index is 12.1. The Balaban J connectivity index is 1.40. The fourth-order valence-electron chi connectivity index (χ4n) is 4.90. The van der Waals surface area contributed by atoms with Gasteiger partial charge in [0.15, 0.2) is 5.65 Å². The summed E-state index contributed by atoms with van der Waals surface area (Å²) in [5.74, 6) is 0.791. The number of benzene rings is 1. The van der Waals surface area contributed by atoms with E-state index in [0.29, 0.717) is 17.5 Å². The molecule has 1 atom stereocenters. The topological polar surface area (TPSA) is 88.4 Å². The summed E-state index contributed by atoms with van der Waals surface area (Å²) in [7, 11) is 0. The third-order valence-corrected chi connectivity index (χ3v) is 6.66. The van der Waals surface area contributed by atoms with Crippen LogP contribution < -0.4 is 10.6 Å². The molecule has 1 unspecified atom stereocenters. The Morgan fingerprint density at radius 1 is 1.19 bits per heavy atom. The van der Waals surface area contributed by atoms with Crippen LogP contribution >= 0.6 is 0 Å². The smallest absolute Gasteiger partial charge is 0.254 e. The number of carbonyl (C=O) groups is 2. The first-order valence-electron chi connectivity index (χ1n) is 11.4. The average molecular weight is 428 g/mol. The third kappa shape index (κ3) is 3.57. The second kappa shape index (κ2) is 7.58. The number of carbonyl (C=O) groups excluding carboxylic acids is 2. The van der Waals surface area contributed by atoms with Crippen molar-refractivity contribution in [1.82, 2.24) is 19.9 Å². The van der Waals surface area contributed by atoms with Gasteiger partial charge in [0.2, 0.25) is 5.91 Å². The molecule has 1 saturated heterocycles. The molecular weight excluding hydrogens is 402 g/mol. The minimum Gasteiger partial charge on any atom is -0.367 e. The number of nitrogens with one attached hydrogen (secondary N) is 2. The molecule has 2 aliphatic carbocycles. The van der Waals surface area contributed by atoms with Gasteiger partial charge in [0.1, 0.15) is 5.82 Å². The highest BCUT2D eigenvalue weighted by molar-refractivity contribution is 6.15. The molecular formula is C25H25N5O2. The average Bonchev–Trinajstić information content (AvgIpc) is 3.42. The van der Waals surface area contributed by atoms with Gasteiger partial charge in [-0.15, -0.1) is 0 Å². The van der Waals surface area contributed by atoms with Gasteiger partial charge >= 0.3 is 0 Å². The van der Waals surface area contributed by atoms with Crippen molar-refractivity contribution in [1.29, 1.82) is 0 Å². The van der Waals surface area contributed by atoms with Crippen LogP contribution in [0.15, 0.2) is 42.1 Å². The molecule has 6 rings (SSSR count). The van der Waals surface area contributed by atoms with E-state index in [9.17, 15) is 9.59 Å². The molecule has 2 aromatic heterocycles. The molecule has 0 radical (unpaired) electrons. The van der Waals surface area contributed by atoms with Gasteiger partial charge in [-0.1, -0.05) is 24.3 Å². The molecule has 32 heavy (non-hydrogen) atoms. The minimum atomic E-state index is -0.333. The summed E-state index contributed by atoms with van der Waals surface area (Å²) in [6, 6.07) is 11.4. The molecule has 2 amide bonds. The van der Waals surface area contributed by atoms with E-state index in [-0.39, 0.29) is 18.2 Å². The first kappa shape index (κ1) is 19.2. The van der Waals surface area contributed by atoms with Gasteiger partial charge in [-0.25, -0.2) is 4.98 Å². The largest absolute Gasteiger partial charge is 0.367 e. The fourth-order valence-corrected chi connectivity index (χ4v) is 4.90. The van der Waals surface area contributed by atoms with Crippen LogP contribution in [0.4, 0.5) is 5.82 Å². The van der Waals surface area contributed by atoms with Gasteiger partial charge in [-0.2, -0.15) is 9.61 Å². The lowest BCUT2D eigenvalue weighted by Crippen LogP contribution is -2.19. The maximum Gasteiger partial charge on any atom is 0.254 e. The predicted octanol–water partition coefficient (Wildman–Crippen LogP) is 3.40. The van der Waals surface area contributed by atoms with E-state index >= 15 is 0 Å². The molecule has 1 saturated carbocycles. The zero-order chi connectivity index (χ0) is 21.7. The van der Waals surface area contributed by atoms with E-state index < -0.39 is 0 Å². The Morgan fingerprint density at radius 3 is 2.88 bits per heavy atom. The van der Waals surface area contributed by atoms with Crippen LogP contribution in [-0.4, -0.2) is 32.5 Å². The van der Waals surface area contributed by atoms with Crippen molar-refractivity contribution in [2.75, 3.05) is 5.32 Å². The van der Waals surface area contributed by atoms with Crippen molar-refractivity contribution in [3.05, 3.63) is 64.5 Å². The van der Waals surface area contributed by atoms with Gasteiger partial charge in [-0.05, 0) is 61.6 Å². The Bertz CT molecular complexity index is 1270. The molecule has 1 aliphatic heterocycles. The highest BCUT2D eigenvalue weighted by atomic mass is 16.2. The lowest BCUT2D eigenvalue weighted by Gasteiger charge is -2.25.